The van der Waals surface area contributed by atoms with Crippen molar-refractivity contribution in [2.75, 3.05) is 13.2 Å². The lowest BCUT2D eigenvalue weighted by molar-refractivity contribution is -0.576. The number of carbonyl (C=O) groups is 1. The molecule has 5 heteroatoms. The summed E-state index contributed by atoms with van der Waals surface area (Å²) in [6.07, 6.45) is 5.21. The van der Waals surface area contributed by atoms with E-state index in [9.17, 15) is 4.79 Å². The Morgan fingerprint density at radius 2 is 2.20 bits per heavy atom. The van der Waals surface area contributed by atoms with Crippen molar-refractivity contribution in [3.63, 3.8) is 0 Å². The molecular weight excluding hydrogens is 316 g/mol. The third kappa shape index (κ3) is 5.42. The highest BCUT2D eigenvalue weighted by Gasteiger charge is 2.20. The molecule has 1 aliphatic heterocycles. The standard InChI is InChI=1S/C20H24N2O3/c1-14-12-16(8-7-15-5-6-15)9-10-18(14)19(21)25-20(23)22-13-17-4-2-3-11-24-17/h9-10,12,15,17,21H,2-6,11,13H2,1H3,(H,22,23)/p+1. The molecule has 1 unspecified atom stereocenters. The number of aryl methyl sites for hydroxylation is 1. The molecule has 0 aromatic heterocycles. The Morgan fingerprint density at radius 1 is 1.36 bits per heavy atom. The fourth-order valence-corrected chi connectivity index (χ4v) is 2.83. The van der Waals surface area contributed by atoms with Gasteiger partial charge in [-0.25, -0.2) is 5.32 Å². The van der Waals surface area contributed by atoms with Crippen LogP contribution in [-0.4, -0.2) is 31.2 Å². The van der Waals surface area contributed by atoms with E-state index in [2.05, 4.69) is 11.8 Å². The number of hydrogen-bond donors (Lipinski definition) is 2. The molecule has 1 saturated heterocycles. The van der Waals surface area contributed by atoms with E-state index < -0.39 is 6.09 Å². The van der Waals surface area contributed by atoms with Gasteiger partial charge in [0, 0.05) is 23.7 Å². The summed E-state index contributed by atoms with van der Waals surface area (Å²) in [6.45, 7) is 3.21. The minimum absolute atomic E-state index is 0.0987. The molecule has 132 valence electrons. The molecule has 1 aromatic carbocycles. The molecule has 2 fully saturated rings. The van der Waals surface area contributed by atoms with E-state index in [4.69, 9.17) is 14.9 Å². The number of nitrogens with one attached hydrogen (secondary N) is 1. The zero-order valence-corrected chi connectivity index (χ0v) is 14.6. The molecule has 5 nitrogen and oxygen atoms in total. The second-order valence-corrected chi connectivity index (χ2v) is 6.75. The van der Waals surface area contributed by atoms with Crippen molar-refractivity contribution in [2.45, 2.75) is 45.1 Å². The van der Waals surface area contributed by atoms with Crippen LogP contribution in [0.1, 0.15) is 48.8 Å². The van der Waals surface area contributed by atoms with E-state index in [-0.39, 0.29) is 12.0 Å². The van der Waals surface area contributed by atoms with Crippen molar-refractivity contribution in [1.29, 1.82) is 5.41 Å². The van der Waals surface area contributed by atoms with Gasteiger partial charge < -0.3 is 9.47 Å². The topological polar surface area (TPSA) is 76.0 Å². The van der Waals surface area contributed by atoms with Gasteiger partial charge in [-0.15, -0.1) is 0 Å². The molecular formula is C20H25N2O3+. The molecule has 1 aromatic rings. The van der Waals surface area contributed by atoms with Gasteiger partial charge in [-0.3, -0.25) is 5.41 Å². The molecule has 1 aliphatic carbocycles. The third-order valence-electron chi connectivity index (χ3n) is 4.49. The van der Waals surface area contributed by atoms with Gasteiger partial charge in [0.15, 0.2) is 0 Å². The highest BCUT2D eigenvalue weighted by atomic mass is 16.6. The van der Waals surface area contributed by atoms with Crippen LogP contribution in [0.25, 0.3) is 0 Å². The minimum atomic E-state index is -0.490. The number of nitrogens with two attached hydrogens (primary N) is 1. The zero-order chi connectivity index (χ0) is 17.6. The van der Waals surface area contributed by atoms with E-state index >= 15 is 0 Å². The molecule has 0 bridgehead atoms. The maximum Gasteiger partial charge on any atom is 0.519 e. The van der Waals surface area contributed by atoms with E-state index in [1.165, 1.54) is 18.2 Å². The first-order valence-electron chi connectivity index (χ1n) is 8.99. The largest absolute Gasteiger partial charge is 0.519 e. The second kappa shape index (κ2) is 8.28. The number of hydrogen-bond acceptors (Lipinski definition) is 4. The molecule has 0 spiro atoms. The quantitative estimate of drug-likeness (QED) is 0.503. The molecule has 0 radical (unpaired) electrons. The first-order chi connectivity index (χ1) is 12.1. The SMILES string of the molecule is Cc1cc(C#CC2CC2)ccc1C(=N)OC(=O)[NH2+]CC1CCCCO1. The summed E-state index contributed by atoms with van der Waals surface area (Å²) in [5.74, 6) is 6.82. The van der Waals surface area contributed by atoms with Crippen LogP contribution in [0.2, 0.25) is 0 Å². The molecule has 2 aliphatic rings. The van der Waals surface area contributed by atoms with Crippen molar-refractivity contribution in [3.05, 3.63) is 34.9 Å². The Hall–Kier alpha value is -2.16. The van der Waals surface area contributed by atoms with Gasteiger partial charge in [-0.2, -0.15) is 4.79 Å². The summed E-state index contributed by atoms with van der Waals surface area (Å²) < 4.78 is 10.7. The number of quaternary nitrogens is 1. The number of primary amides is 1. The fourth-order valence-electron chi connectivity index (χ4n) is 2.83. The van der Waals surface area contributed by atoms with Crippen molar-refractivity contribution >= 4 is 12.0 Å². The molecule has 3 N–H and O–H groups in total. The summed E-state index contributed by atoms with van der Waals surface area (Å²) in [6, 6.07) is 5.61. The lowest BCUT2D eigenvalue weighted by atomic mass is 10.1. The summed E-state index contributed by atoms with van der Waals surface area (Å²) in [7, 11) is 0. The maximum absolute atomic E-state index is 11.9. The van der Waals surface area contributed by atoms with E-state index in [1.54, 1.807) is 6.07 Å². The van der Waals surface area contributed by atoms with Crippen LogP contribution in [0, 0.1) is 30.1 Å². The Morgan fingerprint density at radius 3 is 2.88 bits per heavy atom. The molecule has 3 rings (SSSR count). The summed E-state index contributed by atoms with van der Waals surface area (Å²) in [4.78, 5) is 11.9. The zero-order valence-electron chi connectivity index (χ0n) is 14.6. The molecule has 25 heavy (non-hydrogen) atoms. The van der Waals surface area contributed by atoms with Crippen LogP contribution < -0.4 is 5.32 Å². The van der Waals surface area contributed by atoms with Crippen molar-refractivity contribution in [2.24, 2.45) is 5.92 Å². The molecule has 1 heterocycles. The molecule has 1 atom stereocenters. The van der Waals surface area contributed by atoms with E-state index in [0.29, 0.717) is 18.0 Å². The van der Waals surface area contributed by atoms with Crippen LogP contribution in [0.5, 0.6) is 0 Å². The Bertz CT molecular complexity index is 707. The van der Waals surface area contributed by atoms with Crippen LogP contribution in [-0.2, 0) is 9.47 Å². The first-order valence-corrected chi connectivity index (χ1v) is 8.99. The fraction of sp³-hybridized carbons (Fsp3) is 0.500. The number of amides is 1. The Labute approximate surface area is 148 Å². The number of carbonyl (C=O) groups excluding carboxylic acids is 1. The van der Waals surface area contributed by atoms with Crippen molar-refractivity contribution < 1.29 is 19.6 Å². The summed E-state index contributed by atoms with van der Waals surface area (Å²) in [5.41, 5.74) is 2.44. The molecule has 1 amide bonds. The van der Waals surface area contributed by atoms with Crippen molar-refractivity contribution in [3.8, 4) is 11.8 Å². The lowest BCUT2D eigenvalue weighted by Crippen LogP contribution is -2.90. The van der Waals surface area contributed by atoms with Crippen LogP contribution >= 0.6 is 0 Å². The van der Waals surface area contributed by atoms with E-state index in [0.717, 1.165) is 37.0 Å². The number of ether oxygens (including phenoxy) is 2. The summed E-state index contributed by atoms with van der Waals surface area (Å²) in [5, 5.41) is 9.53. The smallest absolute Gasteiger partial charge is 0.372 e. The second-order valence-electron chi connectivity index (χ2n) is 6.75. The van der Waals surface area contributed by atoms with Crippen LogP contribution in [0.15, 0.2) is 18.2 Å². The Balaban J connectivity index is 1.51. The normalized spacial score (nSPS) is 19.6. The van der Waals surface area contributed by atoms with Crippen molar-refractivity contribution in [1.82, 2.24) is 0 Å². The van der Waals surface area contributed by atoms with Gasteiger partial charge in [-0.05, 0) is 62.8 Å². The maximum atomic E-state index is 11.9. The summed E-state index contributed by atoms with van der Waals surface area (Å²) >= 11 is 0. The average molecular weight is 341 g/mol. The van der Waals surface area contributed by atoms with Crippen LogP contribution in [0.4, 0.5) is 4.79 Å². The minimum Gasteiger partial charge on any atom is -0.372 e. The van der Waals surface area contributed by atoms with Gasteiger partial charge in [0.05, 0.1) is 0 Å². The highest BCUT2D eigenvalue weighted by Crippen LogP contribution is 2.27. The number of rotatable bonds is 3. The van der Waals surface area contributed by atoms with Gasteiger partial charge >= 0.3 is 6.09 Å². The van der Waals surface area contributed by atoms with Gasteiger partial charge in [-0.1, -0.05) is 11.8 Å². The lowest BCUT2D eigenvalue weighted by Gasteiger charge is -2.20. The average Bonchev–Trinajstić information content (AvgIpc) is 3.43. The monoisotopic (exact) mass is 341 g/mol. The van der Waals surface area contributed by atoms with Gasteiger partial charge in [0.25, 0.3) is 0 Å². The Kier molecular flexibility index (Phi) is 5.85. The highest BCUT2D eigenvalue weighted by molar-refractivity contribution is 5.97. The number of benzene rings is 1. The third-order valence-corrected chi connectivity index (χ3v) is 4.49. The van der Waals surface area contributed by atoms with Gasteiger partial charge in [0.2, 0.25) is 5.90 Å². The first kappa shape index (κ1) is 17.7. The van der Waals surface area contributed by atoms with Gasteiger partial charge in [0.1, 0.15) is 12.6 Å². The van der Waals surface area contributed by atoms with E-state index in [1.807, 2.05) is 19.1 Å². The molecule has 1 saturated carbocycles. The predicted molar refractivity (Wildman–Crippen MR) is 94.5 cm³/mol. The predicted octanol–water partition coefficient (Wildman–Crippen LogP) is 2.35. The van der Waals surface area contributed by atoms with Crippen LogP contribution in [0.3, 0.4) is 0 Å².